The molecule has 1 N–H and O–H groups in total. The Balaban J connectivity index is 2.99. The molecule has 0 aliphatic heterocycles. The van der Waals surface area contributed by atoms with E-state index in [1.807, 2.05) is 0 Å². The number of ketones is 1. The number of Topliss-reactive ketones (excluding diaryl/α,β-unsaturated/α-hetero) is 1. The summed E-state index contributed by atoms with van der Waals surface area (Å²) in [6, 6.07) is 5.12. The summed E-state index contributed by atoms with van der Waals surface area (Å²) in [6.07, 6.45) is -0.701. The Labute approximate surface area is 130 Å². The number of nitrogens with zero attached hydrogens (tertiary/aromatic N) is 2. The third kappa shape index (κ3) is 4.89. The predicted octanol–water partition coefficient (Wildman–Crippen LogP) is 0.770. The van der Waals surface area contributed by atoms with Gasteiger partial charge < -0.3 is 9.47 Å². The molecule has 0 aromatic heterocycles. The van der Waals surface area contributed by atoms with E-state index in [0.29, 0.717) is 0 Å². The van der Waals surface area contributed by atoms with E-state index in [4.69, 9.17) is 5.26 Å². The summed E-state index contributed by atoms with van der Waals surface area (Å²) < 4.78 is 22.2. The zero-order valence-electron chi connectivity index (χ0n) is 12.3. The lowest BCUT2D eigenvalue weighted by Gasteiger charge is -2.05. The summed E-state index contributed by atoms with van der Waals surface area (Å²) in [5.74, 6) is -3.64. The maximum atomic E-state index is 13.4. The molecule has 8 nitrogen and oxygen atoms in total. The van der Waals surface area contributed by atoms with E-state index in [-0.39, 0.29) is 11.3 Å². The second-order valence-electron chi connectivity index (χ2n) is 4.05. The van der Waals surface area contributed by atoms with Crippen LogP contribution in [0.5, 0.6) is 0 Å². The van der Waals surface area contributed by atoms with E-state index in [1.54, 1.807) is 6.07 Å². The van der Waals surface area contributed by atoms with E-state index < -0.39 is 35.7 Å². The van der Waals surface area contributed by atoms with Crippen LogP contribution in [0.4, 0.5) is 10.1 Å². The van der Waals surface area contributed by atoms with Crippen molar-refractivity contribution in [2.24, 2.45) is 5.10 Å². The molecule has 0 atom stereocenters. The minimum absolute atomic E-state index is 0.0915. The number of nitrogens with one attached hydrogen (secondary N) is 1. The highest BCUT2D eigenvalue weighted by Gasteiger charge is 2.24. The van der Waals surface area contributed by atoms with Gasteiger partial charge in [0.25, 0.3) is 0 Å². The van der Waals surface area contributed by atoms with Crippen LogP contribution < -0.4 is 5.43 Å². The highest BCUT2D eigenvalue weighted by molar-refractivity contribution is 6.65. The fourth-order valence-corrected chi connectivity index (χ4v) is 1.40. The number of hydrogen-bond donors (Lipinski definition) is 1. The maximum Gasteiger partial charge on any atom is 0.362 e. The second-order valence-corrected chi connectivity index (χ2v) is 4.05. The third-order valence-corrected chi connectivity index (χ3v) is 2.56. The zero-order chi connectivity index (χ0) is 17.4. The number of benzene rings is 1. The van der Waals surface area contributed by atoms with Gasteiger partial charge in [0.2, 0.25) is 11.5 Å². The van der Waals surface area contributed by atoms with Crippen molar-refractivity contribution >= 4 is 29.1 Å². The molecule has 0 unspecified atom stereocenters. The molecule has 0 aliphatic carbocycles. The molecule has 0 aliphatic rings. The molecule has 0 saturated carbocycles. The van der Waals surface area contributed by atoms with Gasteiger partial charge >= 0.3 is 11.9 Å². The molecule has 9 heteroatoms. The first-order valence-electron chi connectivity index (χ1n) is 6.14. The molecule has 1 rings (SSSR count). The first-order valence-corrected chi connectivity index (χ1v) is 6.14. The molecule has 0 amide bonds. The number of carbonyl (C=O) groups excluding carboxylic acids is 3. The lowest BCUT2D eigenvalue weighted by Crippen LogP contribution is -2.28. The van der Waals surface area contributed by atoms with E-state index >= 15 is 0 Å². The number of rotatable bonds is 6. The molecule has 1 aromatic carbocycles. The zero-order valence-corrected chi connectivity index (χ0v) is 12.3. The third-order valence-electron chi connectivity index (χ3n) is 2.56. The van der Waals surface area contributed by atoms with E-state index in [1.165, 1.54) is 12.1 Å². The highest BCUT2D eigenvalue weighted by atomic mass is 19.1. The van der Waals surface area contributed by atoms with Crippen molar-refractivity contribution in [2.45, 2.75) is 6.42 Å². The van der Waals surface area contributed by atoms with Gasteiger partial charge in [-0.05, 0) is 12.1 Å². The predicted molar refractivity (Wildman–Crippen MR) is 75.8 cm³/mol. The SMILES string of the molecule is COC(=O)CC(=O)/C(=N\Nc1ccc(C#N)c(F)c1)C(=O)OC. The fraction of sp³-hybridized carbons (Fsp3) is 0.214. The lowest BCUT2D eigenvalue weighted by molar-refractivity contribution is -0.142. The number of anilines is 1. The quantitative estimate of drug-likeness (QED) is 0.356. The summed E-state index contributed by atoms with van der Waals surface area (Å²) in [7, 11) is 2.12. The number of carbonyl (C=O) groups is 3. The van der Waals surface area contributed by atoms with Crippen molar-refractivity contribution in [1.82, 2.24) is 0 Å². The molecule has 0 fully saturated rings. The first kappa shape index (κ1) is 17.8. The minimum atomic E-state index is -1.07. The van der Waals surface area contributed by atoms with Crippen LogP contribution in [0.25, 0.3) is 0 Å². The summed E-state index contributed by atoms with van der Waals surface area (Å²) in [5, 5.41) is 12.2. The van der Waals surface area contributed by atoms with Crippen molar-refractivity contribution in [3.05, 3.63) is 29.6 Å². The van der Waals surface area contributed by atoms with Gasteiger partial charge in [0.15, 0.2) is 0 Å². The Kier molecular flexibility index (Phi) is 6.36. The van der Waals surface area contributed by atoms with Crippen LogP contribution >= 0.6 is 0 Å². The van der Waals surface area contributed by atoms with Crippen LogP contribution in [0.1, 0.15) is 12.0 Å². The Morgan fingerprint density at radius 2 is 2.00 bits per heavy atom. The van der Waals surface area contributed by atoms with Crippen molar-refractivity contribution in [1.29, 1.82) is 5.26 Å². The van der Waals surface area contributed by atoms with E-state index in [9.17, 15) is 18.8 Å². The Bertz CT molecular complexity index is 709. The van der Waals surface area contributed by atoms with Crippen LogP contribution in [-0.2, 0) is 23.9 Å². The highest BCUT2D eigenvalue weighted by Crippen LogP contribution is 2.13. The minimum Gasteiger partial charge on any atom is -0.469 e. The second kappa shape index (κ2) is 8.23. The van der Waals surface area contributed by atoms with Gasteiger partial charge in [-0.2, -0.15) is 10.4 Å². The van der Waals surface area contributed by atoms with Crippen LogP contribution in [0.3, 0.4) is 0 Å². The fourth-order valence-electron chi connectivity index (χ4n) is 1.40. The van der Waals surface area contributed by atoms with Crippen LogP contribution in [0, 0.1) is 17.1 Å². The Morgan fingerprint density at radius 1 is 1.30 bits per heavy atom. The summed E-state index contributed by atoms with van der Waals surface area (Å²) in [5.41, 5.74) is 1.53. The smallest absolute Gasteiger partial charge is 0.362 e. The van der Waals surface area contributed by atoms with Crippen molar-refractivity contribution in [3.63, 3.8) is 0 Å². The van der Waals surface area contributed by atoms with Crippen molar-refractivity contribution in [3.8, 4) is 6.07 Å². The number of hydrogen-bond acceptors (Lipinski definition) is 8. The van der Waals surface area contributed by atoms with E-state index in [0.717, 1.165) is 20.3 Å². The summed E-state index contributed by atoms with van der Waals surface area (Å²) in [4.78, 5) is 34.4. The number of halogens is 1. The van der Waals surface area contributed by atoms with Gasteiger partial charge in [-0.1, -0.05) is 0 Å². The molecule has 0 heterocycles. The van der Waals surface area contributed by atoms with Crippen LogP contribution in [0.15, 0.2) is 23.3 Å². The summed E-state index contributed by atoms with van der Waals surface area (Å²) in [6.45, 7) is 0. The number of hydrazone groups is 1. The van der Waals surface area contributed by atoms with Crippen LogP contribution in [0.2, 0.25) is 0 Å². The lowest BCUT2D eigenvalue weighted by atomic mass is 10.2. The summed E-state index contributed by atoms with van der Waals surface area (Å²) >= 11 is 0. The van der Waals surface area contributed by atoms with Gasteiger partial charge in [-0.25, -0.2) is 9.18 Å². The molecule has 0 spiro atoms. The van der Waals surface area contributed by atoms with E-state index in [2.05, 4.69) is 20.0 Å². The van der Waals surface area contributed by atoms with Gasteiger partial charge in [-0.15, -0.1) is 0 Å². The standard InChI is InChI=1S/C14H12FN3O5/c1-22-12(20)6-11(19)13(14(21)23-2)18-17-9-4-3-8(7-16)10(15)5-9/h3-5,17H,6H2,1-2H3/b18-13+. The molecular weight excluding hydrogens is 309 g/mol. The molecular formula is C14H12FN3O5. The molecule has 120 valence electrons. The molecule has 0 saturated heterocycles. The van der Waals surface area contributed by atoms with Crippen LogP contribution in [-0.4, -0.2) is 37.7 Å². The largest absolute Gasteiger partial charge is 0.469 e. The molecule has 0 bridgehead atoms. The Hall–Kier alpha value is -3.28. The molecule has 1 aromatic rings. The van der Waals surface area contributed by atoms with Gasteiger partial charge in [0, 0.05) is 6.07 Å². The van der Waals surface area contributed by atoms with Gasteiger partial charge in [0.05, 0.1) is 25.5 Å². The van der Waals surface area contributed by atoms with Gasteiger partial charge in [0.1, 0.15) is 18.3 Å². The average Bonchev–Trinajstić information content (AvgIpc) is 2.54. The normalized spacial score (nSPS) is 10.4. The number of nitriles is 1. The molecule has 0 radical (unpaired) electrons. The molecule has 23 heavy (non-hydrogen) atoms. The topological polar surface area (TPSA) is 118 Å². The van der Waals surface area contributed by atoms with Crippen molar-refractivity contribution in [2.75, 3.05) is 19.6 Å². The van der Waals surface area contributed by atoms with Gasteiger partial charge in [-0.3, -0.25) is 15.0 Å². The Morgan fingerprint density at radius 3 is 2.52 bits per heavy atom. The number of esters is 2. The monoisotopic (exact) mass is 321 g/mol. The number of methoxy groups -OCH3 is 2. The number of ether oxygens (including phenoxy) is 2. The first-order chi connectivity index (χ1) is 10.9. The maximum absolute atomic E-state index is 13.4. The average molecular weight is 321 g/mol. The van der Waals surface area contributed by atoms with Crippen molar-refractivity contribution < 1.29 is 28.2 Å².